The van der Waals surface area contributed by atoms with Gasteiger partial charge >= 0.3 is 0 Å². The number of nitrogens with zero attached hydrogens (tertiary/aromatic N) is 3. The molecule has 1 saturated heterocycles. The van der Waals surface area contributed by atoms with Crippen LogP contribution in [0.4, 0.5) is 4.39 Å². The minimum Gasteiger partial charge on any atom is -0.502 e. The fourth-order valence-corrected chi connectivity index (χ4v) is 6.40. The van der Waals surface area contributed by atoms with Crippen LogP contribution in [0.5, 0.6) is 5.75 Å². The number of carbonyl (C=O) groups is 2. The average molecular weight is 547 g/mol. The SMILES string of the molecule is Cc1ccc(CNC(=O)c2cn3c(c(O)c2=O)C(=O)N(C2CCC(P)(P)CC2)[C@@H]2CCCCN23)c(F)c1. The maximum absolute atomic E-state index is 14.2. The summed E-state index contributed by atoms with van der Waals surface area (Å²) in [6.45, 7) is 2.29. The number of benzene rings is 1. The van der Waals surface area contributed by atoms with Gasteiger partial charge in [-0.1, -0.05) is 12.1 Å². The predicted molar refractivity (Wildman–Crippen MR) is 146 cm³/mol. The smallest absolute Gasteiger partial charge is 0.278 e. The van der Waals surface area contributed by atoms with Crippen molar-refractivity contribution >= 4 is 30.3 Å². The molecule has 2 N–H and O–H groups in total. The summed E-state index contributed by atoms with van der Waals surface area (Å²) in [7, 11) is 5.77. The van der Waals surface area contributed by atoms with E-state index in [9.17, 15) is 23.9 Å². The molecular weight excluding hydrogens is 513 g/mol. The third-order valence-corrected chi connectivity index (χ3v) is 8.97. The van der Waals surface area contributed by atoms with Crippen molar-refractivity contribution in [1.29, 1.82) is 0 Å². The van der Waals surface area contributed by atoms with Gasteiger partial charge in [-0.25, -0.2) is 4.39 Å². The molecule has 2 amide bonds. The van der Waals surface area contributed by atoms with Gasteiger partial charge in [0.1, 0.15) is 17.5 Å². The number of amides is 2. The highest BCUT2D eigenvalue weighted by Gasteiger charge is 2.45. The summed E-state index contributed by atoms with van der Waals surface area (Å²) in [4.78, 5) is 41.8. The second-order valence-corrected chi connectivity index (χ2v) is 13.5. The first-order valence-corrected chi connectivity index (χ1v) is 13.9. The standard InChI is InChI=1S/C26H33FN4O4P2/c1-15-5-6-16(19(27)12-15)13-28-24(34)18-14-30-21(23(33)22(18)32)25(35)31(20-4-2-3-11-29(20)30)17-7-9-26(36,37)10-8-17/h5-6,12,14,17,20,33H,2-4,7-11,13,36-37H2,1H3,(H,28,34)/t20-/m1/s1. The average Bonchev–Trinajstić information content (AvgIpc) is 2.86. The first-order chi connectivity index (χ1) is 17.6. The summed E-state index contributed by atoms with van der Waals surface area (Å²) < 4.78 is 15.7. The zero-order valence-electron chi connectivity index (χ0n) is 20.9. The monoisotopic (exact) mass is 546 g/mol. The molecule has 2 fully saturated rings. The Morgan fingerprint density at radius 2 is 1.92 bits per heavy atom. The van der Waals surface area contributed by atoms with Crippen LogP contribution in [0.15, 0.2) is 29.2 Å². The van der Waals surface area contributed by atoms with Crippen LogP contribution < -0.4 is 15.8 Å². The lowest BCUT2D eigenvalue weighted by atomic mass is 9.91. The molecule has 1 aromatic carbocycles. The van der Waals surface area contributed by atoms with Gasteiger partial charge in [-0.05, 0) is 68.4 Å². The van der Waals surface area contributed by atoms with E-state index < -0.39 is 22.9 Å². The van der Waals surface area contributed by atoms with Gasteiger partial charge in [0.25, 0.3) is 11.8 Å². The Morgan fingerprint density at radius 3 is 2.62 bits per heavy atom. The summed E-state index contributed by atoms with van der Waals surface area (Å²) in [6.07, 6.45) is 7.31. The van der Waals surface area contributed by atoms with Gasteiger partial charge in [-0.2, -0.15) is 0 Å². The molecule has 1 aromatic heterocycles. The molecule has 3 atom stereocenters. The van der Waals surface area contributed by atoms with Gasteiger partial charge in [0.15, 0.2) is 11.4 Å². The summed E-state index contributed by atoms with van der Waals surface area (Å²) >= 11 is 0. The number of rotatable bonds is 4. The van der Waals surface area contributed by atoms with Crippen molar-refractivity contribution in [3.63, 3.8) is 0 Å². The van der Waals surface area contributed by atoms with E-state index in [-0.39, 0.29) is 46.4 Å². The molecule has 1 saturated carbocycles. The number of aromatic nitrogens is 1. The fraction of sp³-hybridized carbons (Fsp3) is 0.500. The highest BCUT2D eigenvalue weighted by atomic mass is 31.1. The Kier molecular flexibility index (Phi) is 7.06. The molecule has 11 heteroatoms. The van der Waals surface area contributed by atoms with E-state index in [1.165, 1.54) is 16.9 Å². The Morgan fingerprint density at radius 1 is 1.19 bits per heavy atom. The fourth-order valence-electron chi connectivity index (χ4n) is 5.74. The van der Waals surface area contributed by atoms with Gasteiger partial charge in [0.05, 0.1) is 0 Å². The number of nitrogens with one attached hydrogen (secondary N) is 1. The summed E-state index contributed by atoms with van der Waals surface area (Å²) in [6, 6.07) is 4.71. The Bertz CT molecular complexity index is 1300. The topological polar surface area (TPSA) is 94.9 Å². The second-order valence-electron chi connectivity index (χ2n) is 10.5. The molecule has 37 heavy (non-hydrogen) atoms. The van der Waals surface area contributed by atoms with Crippen LogP contribution in [-0.2, 0) is 6.54 Å². The zero-order chi connectivity index (χ0) is 26.5. The van der Waals surface area contributed by atoms with Crippen LogP contribution in [0.1, 0.15) is 76.9 Å². The van der Waals surface area contributed by atoms with E-state index >= 15 is 0 Å². The first kappa shape index (κ1) is 26.1. The van der Waals surface area contributed by atoms with E-state index in [0.717, 1.165) is 50.5 Å². The zero-order valence-corrected chi connectivity index (χ0v) is 23.2. The van der Waals surface area contributed by atoms with Gasteiger partial charge in [-0.3, -0.25) is 24.1 Å². The molecule has 3 aliphatic rings. The largest absolute Gasteiger partial charge is 0.502 e. The Balaban J connectivity index is 1.47. The number of carbonyl (C=O) groups excluding carboxylic acids is 2. The van der Waals surface area contributed by atoms with E-state index in [1.807, 2.05) is 9.91 Å². The Hall–Kier alpha value is -2.50. The van der Waals surface area contributed by atoms with E-state index in [4.69, 9.17) is 0 Å². The number of aryl methyl sites for hydroxylation is 1. The van der Waals surface area contributed by atoms with Crippen LogP contribution in [0.3, 0.4) is 0 Å². The minimum absolute atomic E-state index is 0.0166. The van der Waals surface area contributed by atoms with Gasteiger partial charge in [0, 0.05) is 30.9 Å². The third-order valence-electron chi connectivity index (χ3n) is 7.82. The number of hydrogen-bond donors (Lipinski definition) is 2. The third kappa shape index (κ3) is 4.88. The summed E-state index contributed by atoms with van der Waals surface area (Å²) in [5, 5.41) is 15.5. The normalized spacial score (nSPS) is 21.4. The van der Waals surface area contributed by atoms with E-state index in [0.29, 0.717) is 6.54 Å². The first-order valence-electron chi connectivity index (χ1n) is 12.8. The summed E-state index contributed by atoms with van der Waals surface area (Å²) in [5.41, 5.74) is -0.245. The van der Waals surface area contributed by atoms with Gasteiger partial charge in [-0.15, -0.1) is 18.5 Å². The van der Waals surface area contributed by atoms with Crippen molar-refractivity contribution in [2.75, 3.05) is 11.6 Å². The number of pyridine rings is 1. The molecule has 198 valence electrons. The van der Waals surface area contributed by atoms with Crippen LogP contribution in [-0.4, -0.2) is 50.1 Å². The predicted octanol–water partition coefficient (Wildman–Crippen LogP) is 3.22. The molecule has 5 rings (SSSR count). The van der Waals surface area contributed by atoms with Gasteiger partial charge < -0.3 is 15.3 Å². The summed E-state index contributed by atoms with van der Waals surface area (Å²) in [5.74, 6) is -2.29. The maximum atomic E-state index is 14.2. The number of hydrogen-bond acceptors (Lipinski definition) is 5. The van der Waals surface area contributed by atoms with Crippen molar-refractivity contribution < 1.29 is 19.1 Å². The maximum Gasteiger partial charge on any atom is 0.278 e. The molecule has 1 aliphatic carbocycles. The van der Waals surface area contributed by atoms with Gasteiger partial charge in [0.2, 0.25) is 5.43 Å². The van der Waals surface area contributed by atoms with Crippen LogP contribution >= 0.6 is 18.5 Å². The molecule has 0 radical (unpaired) electrons. The number of piperidine rings is 1. The molecule has 0 bridgehead atoms. The molecule has 0 spiro atoms. The van der Waals surface area contributed by atoms with E-state index in [1.54, 1.807) is 19.1 Å². The lowest BCUT2D eigenvalue weighted by Gasteiger charge is -2.52. The molecular formula is C26H33FN4O4P2. The van der Waals surface area contributed by atoms with Crippen LogP contribution in [0.25, 0.3) is 0 Å². The van der Waals surface area contributed by atoms with Crippen molar-refractivity contribution in [3.8, 4) is 5.75 Å². The van der Waals surface area contributed by atoms with E-state index in [2.05, 4.69) is 23.8 Å². The number of fused-ring (bicyclic) bond motifs is 3. The highest BCUT2D eigenvalue weighted by Crippen LogP contribution is 2.44. The quantitative estimate of drug-likeness (QED) is 0.575. The molecule has 3 heterocycles. The highest BCUT2D eigenvalue weighted by molar-refractivity contribution is 7.39. The number of halogens is 1. The molecule has 8 nitrogen and oxygen atoms in total. The van der Waals surface area contributed by atoms with Crippen molar-refractivity contribution in [3.05, 3.63) is 62.8 Å². The lowest BCUT2D eigenvalue weighted by molar-refractivity contribution is 0.0313. The second kappa shape index (κ2) is 9.99. The molecule has 2 unspecified atom stereocenters. The van der Waals surface area contributed by atoms with Crippen molar-refractivity contribution in [1.82, 2.24) is 14.9 Å². The minimum atomic E-state index is -0.908. The molecule has 2 aromatic rings. The van der Waals surface area contributed by atoms with Crippen LogP contribution in [0, 0.1) is 12.7 Å². The number of aromatic hydroxyl groups is 1. The Labute approximate surface area is 220 Å². The van der Waals surface area contributed by atoms with Crippen LogP contribution in [0.2, 0.25) is 0 Å². The lowest BCUT2D eigenvalue weighted by Crippen LogP contribution is -2.65. The van der Waals surface area contributed by atoms with Crippen molar-refractivity contribution in [2.45, 2.75) is 75.5 Å². The van der Waals surface area contributed by atoms with Crippen molar-refractivity contribution in [2.24, 2.45) is 0 Å². The molecule has 2 aliphatic heterocycles.